The molecule has 0 amide bonds. The van der Waals surface area contributed by atoms with Gasteiger partial charge < -0.3 is 9.84 Å². The van der Waals surface area contributed by atoms with E-state index >= 15 is 0 Å². The largest absolute Gasteiger partial charge is 0.481 e. The van der Waals surface area contributed by atoms with Crippen molar-refractivity contribution in [3.63, 3.8) is 0 Å². The number of rotatable bonds is 7. The second kappa shape index (κ2) is 13.0. The van der Waals surface area contributed by atoms with Gasteiger partial charge in [-0.3, -0.25) is 9.59 Å². The van der Waals surface area contributed by atoms with E-state index in [9.17, 15) is 9.59 Å². The predicted molar refractivity (Wildman–Crippen MR) is 67.9 cm³/mol. The maximum Gasteiger partial charge on any atom is 0.305 e. The van der Waals surface area contributed by atoms with Crippen LogP contribution in [-0.2, 0) is 14.3 Å². The summed E-state index contributed by atoms with van der Waals surface area (Å²) in [6.45, 7) is 8.41. The van der Waals surface area contributed by atoms with E-state index in [1.165, 1.54) is 0 Å². The second-order valence-electron chi connectivity index (χ2n) is 4.23. The number of aliphatic carboxylic acids is 1. The van der Waals surface area contributed by atoms with Gasteiger partial charge in [-0.2, -0.15) is 0 Å². The number of esters is 1. The van der Waals surface area contributed by atoms with Crippen molar-refractivity contribution in [1.82, 2.24) is 0 Å². The molecule has 0 aliphatic carbocycles. The Morgan fingerprint density at radius 2 is 1.76 bits per heavy atom. The molecular weight excluding hydrogens is 220 g/mol. The summed E-state index contributed by atoms with van der Waals surface area (Å²) in [6, 6.07) is 0. The molecular formula is C13H26O4. The van der Waals surface area contributed by atoms with Gasteiger partial charge >= 0.3 is 11.9 Å². The first-order valence-corrected chi connectivity index (χ1v) is 6.31. The number of hydrogen-bond donors (Lipinski definition) is 1. The SMILES string of the molecule is CC(C)CCC(=O)O.CCCCC(=O)OCC. The monoisotopic (exact) mass is 246 g/mol. The maximum absolute atomic E-state index is 10.6. The summed E-state index contributed by atoms with van der Waals surface area (Å²) in [5, 5.41) is 8.16. The van der Waals surface area contributed by atoms with Gasteiger partial charge in [0.25, 0.3) is 0 Å². The van der Waals surface area contributed by atoms with E-state index in [1.54, 1.807) is 0 Å². The Morgan fingerprint density at radius 3 is 2.06 bits per heavy atom. The average Bonchev–Trinajstić information content (AvgIpc) is 2.25. The van der Waals surface area contributed by atoms with Gasteiger partial charge in [-0.25, -0.2) is 0 Å². The lowest BCUT2D eigenvalue weighted by Gasteiger charge is -1.97. The third-order valence-corrected chi connectivity index (χ3v) is 1.98. The molecule has 0 bridgehead atoms. The molecule has 0 aliphatic heterocycles. The fourth-order valence-electron chi connectivity index (χ4n) is 0.966. The van der Waals surface area contributed by atoms with E-state index in [2.05, 4.69) is 6.92 Å². The number of carbonyl (C=O) groups excluding carboxylic acids is 1. The Kier molecular flexibility index (Phi) is 14.0. The minimum absolute atomic E-state index is 0.0700. The van der Waals surface area contributed by atoms with E-state index in [-0.39, 0.29) is 5.97 Å². The zero-order valence-electron chi connectivity index (χ0n) is 11.5. The molecule has 0 rings (SSSR count). The first kappa shape index (κ1) is 18.3. The molecule has 0 atom stereocenters. The lowest BCUT2D eigenvalue weighted by atomic mass is 10.1. The van der Waals surface area contributed by atoms with Gasteiger partial charge in [0, 0.05) is 12.8 Å². The van der Waals surface area contributed by atoms with Gasteiger partial charge in [0.05, 0.1) is 6.61 Å². The maximum atomic E-state index is 10.6. The highest BCUT2D eigenvalue weighted by Gasteiger charge is 1.98. The van der Waals surface area contributed by atoms with Crippen LogP contribution in [0.2, 0.25) is 0 Å². The zero-order valence-corrected chi connectivity index (χ0v) is 11.5. The van der Waals surface area contributed by atoms with E-state index in [0.717, 1.165) is 19.3 Å². The average molecular weight is 246 g/mol. The van der Waals surface area contributed by atoms with Crippen LogP contribution in [0.3, 0.4) is 0 Å². The molecule has 0 spiro atoms. The highest BCUT2D eigenvalue weighted by molar-refractivity contribution is 5.69. The Bertz CT molecular complexity index is 200. The van der Waals surface area contributed by atoms with Gasteiger partial charge in [0.15, 0.2) is 0 Å². The molecule has 102 valence electrons. The van der Waals surface area contributed by atoms with Crippen LogP contribution in [0.25, 0.3) is 0 Å². The molecule has 0 saturated heterocycles. The van der Waals surface area contributed by atoms with Crippen molar-refractivity contribution in [3.8, 4) is 0 Å². The van der Waals surface area contributed by atoms with Crippen LogP contribution in [0.1, 0.15) is 59.8 Å². The smallest absolute Gasteiger partial charge is 0.305 e. The minimum Gasteiger partial charge on any atom is -0.481 e. The van der Waals surface area contributed by atoms with Crippen molar-refractivity contribution in [2.75, 3.05) is 6.61 Å². The second-order valence-corrected chi connectivity index (χ2v) is 4.23. The molecule has 0 aromatic rings. The highest BCUT2D eigenvalue weighted by atomic mass is 16.5. The normalized spacial score (nSPS) is 9.47. The van der Waals surface area contributed by atoms with Gasteiger partial charge in [-0.05, 0) is 25.7 Å². The number of unbranched alkanes of at least 4 members (excludes halogenated alkanes) is 1. The van der Waals surface area contributed by atoms with E-state index < -0.39 is 5.97 Å². The summed E-state index contributed by atoms with van der Waals surface area (Å²) in [7, 11) is 0. The lowest BCUT2D eigenvalue weighted by Crippen LogP contribution is -2.02. The molecule has 0 aromatic carbocycles. The van der Waals surface area contributed by atoms with Crippen molar-refractivity contribution >= 4 is 11.9 Å². The molecule has 17 heavy (non-hydrogen) atoms. The third-order valence-electron chi connectivity index (χ3n) is 1.98. The summed E-state index contributed by atoms with van der Waals surface area (Å²) in [4.78, 5) is 20.5. The molecule has 0 unspecified atom stereocenters. The van der Waals surface area contributed by atoms with Gasteiger partial charge in [0.1, 0.15) is 0 Å². The molecule has 0 aliphatic rings. The summed E-state index contributed by atoms with van der Waals surface area (Å²) >= 11 is 0. The number of carboxylic acid groups (broad SMARTS) is 1. The van der Waals surface area contributed by atoms with Crippen LogP contribution in [0, 0.1) is 5.92 Å². The Balaban J connectivity index is 0. The zero-order chi connectivity index (χ0) is 13.7. The summed E-state index contributed by atoms with van der Waals surface area (Å²) < 4.78 is 4.70. The fraction of sp³-hybridized carbons (Fsp3) is 0.846. The number of carboxylic acids is 1. The molecule has 0 radical (unpaired) electrons. The molecule has 4 nitrogen and oxygen atoms in total. The van der Waals surface area contributed by atoms with Crippen LogP contribution >= 0.6 is 0 Å². The van der Waals surface area contributed by atoms with E-state index in [4.69, 9.17) is 9.84 Å². The number of ether oxygens (including phenoxy) is 1. The van der Waals surface area contributed by atoms with Gasteiger partial charge in [0.2, 0.25) is 0 Å². The van der Waals surface area contributed by atoms with Crippen LogP contribution in [-0.4, -0.2) is 23.7 Å². The lowest BCUT2D eigenvalue weighted by molar-refractivity contribution is -0.143. The predicted octanol–water partition coefficient (Wildman–Crippen LogP) is 3.25. The van der Waals surface area contributed by atoms with E-state index in [0.29, 0.717) is 25.4 Å². The van der Waals surface area contributed by atoms with Crippen LogP contribution in [0.15, 0.2) is 0 Å². The number of hydrogen-bond acceptors (Lipinski definition) is 3. The van der Waals surface area contributed by atoms with E-state index in [1.807, 2.05) is 20.8 Å². The molecule has 1 N–H and O–H groups in total. The molecule has 0 heterocycles. The topological polar surface area (TPSA) is 63.6 Å². The highest BCUT2D eigenvalue weighted by Crippen LogP contribution is 2.01. The Labute approximate surface area is 104 Å². The summed E-state index contributed by atoms with van der Waals surface area (Å²) in [5.41, 5.74) is 0. The fourth-order valence-corrected chi connectivity index (χ4v) is 0.966. The van der Waals surface area contributed by atoms with Crippen LogP contribution < -0.4 is 0 Å². The van der Waals surface area contributed by atoms with Crippen molar-refractivity contribution < 1.29 is 19.4 Å². The molecule has 0 aromatic heterocycles. The Morgan fingerprint density at radius 1 is 1.18 bits per heavy atom. The molecule has 4 heteroatoms. The first-order valence-electron chi connectivity index (χ1n) is 6.31. The third kappa shape index (κ3) is 20.9. The van der Waals surface area contributed by atoms with Gasteiger partial charge in [-0.15, -0.1) is 0 Å². The van der Waals surface area contributed by atoms with Crippen molar-refractivity contribution in [3.05, 3.63) is 0 Å². The quantitative estimate of drug-likeness (QED) is 0.700. The van der Waals surface area contributed by atoms with Crippen molar-refractivity contribution in [2.24, 2.45) is 5.92 Å². The van der Waals surface area contributed by atoms with Gasteiger partial charge in [-0.1, -0.05) is 27.2 Å². The minimum atomic E-state index is -0.696. The summed E-state index contributed by atoms with van der Waals surface area (Å²) in [5.74, 6) is -0.260. The van der Waals surface area contributed by atoms with Crippen molar-refractivity contribution in [1.29, 1.82) is 0 Å². The van der Waals surface area contributed by atoms with Crippen molar-refractivity contribution in [2.45, 2.75) is 59.8 Å². The van der Waals surface area contributed by atoms with Crippen LogP contribution in [0.5, 0.6) is 0 Å². The Hall–Kier alpha value is -1.06. The standard InChI is InChI=1S/C7H14O2.C6H12O2/c1-3-5-6-7(8)9-4-2;1-5(2)3-4-6(7)8/h3-6H2,1-2H3;5H,3-4H2,1-2H3,(H,7,8). The molecule has 0 saturated carbocycles. The molecule has 0 fully saturated rings. The summed E-state index contributed by atoms with van der Waals surface area (Å²) in [6.07, 6.45) is 3.66. The number of carbonyl (C=O) groups is 2. The van der Waals surface area contributed by atoms with Crippen LogP contribution in [0.4, 0.5) is 0 Å². The first-order chi connectivity index (χ1) is 7.93.